The van der Waals surface area contributed by atoms with E-state index in [1.54, 1.807) is 0 Å². The molecule has 0 aromatic heterocycles. The van der Waals surface area contributed by atoms with Crippen LogP contribution in [0.2, 0.25) is 0 Å². The molecular formula is C12H25NO2. The van der Waals surface area contributed by atoms with Crippen molar-refractivity contribution in [3.05, 3.63) is 0 Å². The molecule has 15 heavy (non-hydrogen) atoms. The summed E-state index contributed by atoms with van der Waals surface area (Å²) < 4.78 is 0. The van der Waals surface area contributed by atoms with Crippen molar-refractivity contribution in [1.82, 2.24) is 5.32 Å². The number of hydrogen-bond acceptors (Lipinski definition) is 2. The minimum Gasteiger partial charge on any atom is -0.393 e. The van der Waals surface area contributed by atoms with Gasteiger partial charge >= 0.3 is 0 Å². The van der Waals surface area contributed by atoms with Gasteiger partial charge in [-0.1, -0.05) is 19.8 Å². The summed E-state index contributed by atoms with van der Waals surface area (Å²) in [5.74, 6) is 0.524. The van der Waals surface area contributed by atoms with Crippen molar-refractivity contribution in [3.8, 4) is 0 Å². The maximum atomic E-state index is 11.1. The second-order valence-electron chi connectivity index (χ2n) is 4.27. The van der Waals surface area contributed by atoms with Crippen LogP contribution in [-0.4, -0.2) is 23.7 Å². The number of hydrogen-bond donors (Lipinski definition) is 2. The Morgan fingerprint density at radius 3 is 2.47 bits per heavy atom. The fourth-order valence-electron chi connectivity index (χ4n) is 1.46. The van der Waals surface area contributed by atoms with Crippen molar-refractivity contribution in [2.75, 3.05) is 6.54 Å². The fraction of sp³-hybridized carbons (Fsp3) is 0.917. The molecule has 1 amide bonds. The molecule has 2 atom stereocenters. The zero-order chi connectivity index (χ0) is 11.7. The van der Waals surface area contributed by atoms with Gasteiger partial charge in [0.1, 0.15) is 0 Å². The molecule has 0 bridgehead atoms. The van der Waals surface area contributed by atoms with Crippen LogP contribution in [0, 0.1) is 5.92 Å². The summed E-state index contributed by atoms with van der Waals surface area (Å²) in [4.78, 5) is 11.1. The second-order valence-corrected chi connectivity index (χ2v) is 4.27. The standard InChI is InChI=1S/C12H25NO2/c1-4-13-12(15)9-7-5-6-8-10(2)11(3)14/h10-11,14H,4-9H2,1-3H3,(H,13,15). The molecule has 0 aromatic carbocycles. The van der Waals surface area contributed by atoms with Gasteiger partial charge in [0.15, 0.2) is 0 Å². The lowest BCUT2D eigenvalue weighted by Crippen LogP contribution is -2.22. The minimum absolute atomic E-state index is 0.154. The van der Waals surface area contributed by atoms with E-state index in [9.17, 15) is 9.90 Å². The van der Waals surface area contributed by atoms with Crippen LogP contribution in [0.15, 0.2) is 0 Å². The highest BCUT2D eigenvalue weighted by Crippen LogP contribution is 2.13. The molecule has 3 heteroatoms. The van der Waals surface area contributed by atoms with Crippen LogP contribution in [0.1, 0.15) is 52.9 Å². The number of amides is 1. The Bertz CT molecular complexity index is 169. The van der Waals surface area contributed by atoms with Crippen LogP contribution >= 0.6 is 0 Å². The Morgan fingerprint density at radius 1 is 1.27 bits per heavy atom. The quantitative estimate of drug-likeness (QED) is 0.609. The Kier molecular flexibility index (Phi) is 8.38. The van der Waals surface area contributed by atoms with Crippen LogP contribution in [0.3, 0.4) is 0 Å². The average molecular weight is 215 g/mol. The molecule has 3 nitrogen and oxygen atoms in total. The molecule has 90 valence electrons. The minimum atomic E-state index is -0.214. The number of aliphatic hydroxyl groups is 1. The number of nitrogens with one attached hydrogen (secondary N) is 1. The lowest BCUT2D eigenvalue weighted by atomic mass is 9.98. The molecule has 0 aliphatic carbocycles. The third kappa shape index (κ3) is 8.43. The van der Waals surface area contributed by atoms with Gasteiger partial charge < -0.3 is 10.4 Å². The highest BCUT2D eigenvalue weighted by molar-refractivity contribution is 5.75. The Labute approximate surface area is 93.3 Å². The summed E-state index contributed by atoms with van der Waals surface area (Å²) in [7, 11) is 0. The third-order valence-corrected chi connectivity index (χ3v) is 2.76. The fourth-order valence-corrected chi connectivity index (χ4v) is 1.46. The molecule has 0 radical (unpaired) electrons. The number of unbranched alkanes of at least 4 members (excludes halogenated alkanes) is 2. The molecule has 0 saturated carbocycles. The van der Waals surface area contributed by atoms with Crippen molar-refractivity contribution in [2.45, 2.75) is 59.0 Å². The Morgan fingerprint density at radius 2 is 1.93 bits per heavy atom. The first-order valence-corrected chi connectivity index (χ1v) is 6.02. The molecule has 2 unspecified atom stereocenters. The average Bonchev–Trinajstić information content (AvgIpc) is 2.17. The molecular weight excluding hydrogens is 190 g/mol. The summed E-state index contributed by atoms with van der Waals surface area (Å²) in [5.41, 5.74) is 0. The maximum Gasteiger partial charge on any atom is 0.219 e. The molecule has 2 N–H and O–H groups in total. The van der Waals surface area contributed by atoms with Gasteiger partial charge in [0.2, 0.25) is 5.91 Å². The summed E-state index contributed by atoms with van der Waals surface area (Å²) >= 11 is 0. The summed E-state index contributed by atoms with van der Waals surface area (Å²) in [5, 5.41) is 12.1. The topological polar surface area (TPSA) is 49.3 Å². The van der Waals surface area contributed by atoms with Crippen LogP contribution in [0.5, 0.6) is 0 Å². The van der Waals surface area contributed by atoms with Crippen molar-refractivity contribution >= 4 is 5.91 Å². The van der Waals surface area contributed by atoms with Gasteiger partial charge in [-0.05, 0) is 32.6 Å². The summed E-state index contributed by atoms with van der Waals surface area (Å²) in [6, 6.07) is 0. The normalized spacial score (nSPS) is 14.7. The third-order valence-electron chi connectivity index (χ3n) is 2.76. The Hall–Kier alpha value is -0.570. The first-order valence-electron chi connectivity index (χ1n) is 6.02. The summed E-state index contributed by atoms with van der Waals surface area (Å²) in [6.45, 7) is 6.55. The number of rotatable bonds is 8. The van der Waals surface area contributed by atoms with Crippen LogP contribution in [0.25, 0.3) is 0 Å². The van der Waals surface area contributed by atoms with E-state index >= 15 is 0 Å². The SMILES string of the molecule is CCNC(=O)CCCCCC(C)C(C)O. The van der Waals surface area contributed by atoms with Crippen LogP contribution in [0.4, 0.5) is 0 Å². The molecule has 0 aromatic rings. The molecule has 0 aliphatic rings. The van der Waals surface area contributed by atoms with E-state index in [1.165, 1.54) is 0 Å². The maximum absolute atomic E-state index is 11.1. The summed E-state index contributed by atoms with van der Waals surface area (Å²) in [6.07, 6.45) is 4.61. The lowest BCUT2D eigenvalue weighted by Gasteiger charge is -2.13. The van der Waals surface area contributed by atoms with E-state index in [0.717, 1.165) is 32.2 Å². The monoisotopic (exact) mass is 215 g/mol. The van der Waals surface area contributed by atoms with Gasteiger partial charge in [0.05, 0.1) is 6.10 Å². The van der Waals surface area contributed by atoms with Gasteiger partial charge in [-0.25, -0.2) is 0 Å². The highest BCUT2D eigenvalue weighted by atomic mass is 16.3. The number of aliphatic hydroxyl groups excluding tert-OH is 1. The van der Waals surface area contributed by atoms with Crippen molar-refractivity contribution in [3.63, 3.8) is 0 Å². The van der Waals surface area contributed by atoms with Crippen molar-refractivity contribution in [1.29, 1.82) is 0 Å². The molecule has 0 rings (SSSR count). The smallest absolute Gasteiger partial charge is 0.219 e. The van der Waals surface area contributed by atoms with E-state index < -0.39 is 0 Å². The molecule has 0 aliphatic heterocycles. The van der Waals surface area contributed by atoms with E-state index in [-0.39, 0.29) is 12.0 Å². The van der Waals surface area contributed by atoms with Crippen LogP contribution in [-0.2, 0) is 4.79 Å². The van der Waals surface area contributed by atoms with E-state index in [4.69, 9.17) is 0 Å². The van der Waals surface area contributed by atoms with Gasteiger partial charge in [0, 0.05) is 13.0 Å². The lowest BCUT2D eigenvalue weighted by molar-refractivity contribution is -0.121. The van der Waals surface area contributed by atoms with Crippen molar-refractivity contribution < 1.29 is 9.90 Å². The van der Waals surface area contributed by atoms with Crippen molar-refractivity contribution in [2.24, 2.45) is 5.92 Å². The van der Waals surface area contributed by atoms with Gasteiger partial charge in [-0.15, -0.1) is 0 Å². The first kappa shape index (κ1) is 14.4. The first-order chi connectivity index (χ1) is 7.07. The molecule has 0 fully saturated rings. The predicted octanol–water partition coefficient (Wildman–Crippen LogP) is 2.09. The second kappa shape index (κ2) is 8.72. The highest BCUT2D eigenvalue weighted by Gasteiger charge is 2.07. The molecule has 0 spiro atoms. The van der Waals surface area contributed by atoms with E-state index in [0.29, 0.717) is 12.3 Å². The predicted molar refractivity (Wildman–Crippen MR) is 62.6 cm³/mol. The zero-order valence-electron chi connectivity index (χ0n) is 10.3. The largest absolute Gasteiger partial charge is 0.393 e. The van der Waals surface area contributed by atoms with E-state index in [2.05, 4.69) is 12.2 Å². The van der Waals surface area contributed by atoms with E-state index in [1.807, 2.05) is 13.8 Å². The zero-order valence-corrected chi connectivity index (χ0v) is 10.3. The van der Waals surface area contributed by atoms with Gasteiger partial charge in [-0.2, -0.15) is 0 Å². The van der Waals surface area contributed by atoms with Crippen LogP contribution < -0.4 is 5.32 Å². The van der Waals surface area contributed by atoms with Gasteiger partial charge in [-0.3, -0.25) is 4.79 Å². The number of carbonyl (C=O) groups is 1. The molecule has 0 heterocycles. The molecule has 0 saturated heterocycles. The number of carbonyl (C=O) groups excluding carboxylic acids is 1. The van der Waals surface area contributed by atoms with Gasteiger partial charge in [0.25, 0.3) is 0 Å². The Balaban J connectivity index is 3.28.